The van der Waals surface area contributed by atoms with Crippen LogP contribution in [0, 0.1) is 6.92 Å². The predicted molar refractivity (Wildman–Crippen MR) is 122 cm³/mol. The molecular weight excluding hydrogens is 450 g/mol. The van der Waals surface area contributed by atoms with Crippen LogP contribution in [-0.4, -0.2) is 15.7 Å². The minimum atomic E-state index is -0.500. The highest BCUT2D eigenvalue weighted by molar-refractivity contribution is 9.10. The Labute approximate surface area is 182 Å². The van der Waals surface area contributed by atoms with Crippen molar-refractivity contribution < 1.29 is 4.79 Å². The zero-order chi connectivity index (χ0) is 20.5. The fourth-order valence-corrected chi connectivity index (χ4v) is 3.72. The van der Waals surface area contributed by atoms with Gasteiger partial charge in [-0.25, -0.2) is 0 Å². The average Bonchev–Trinajstić information content (AvgIpc) is 3.09. The number of nitrogens with zero attached hydrogens (tertiary/aromatic N) is 2. The smallest absolute Gasteiger partial charge is 0.248 e. The second-order valence-corrected chi connectivity index (χ2v) is 8.24. The van der Waals surface area contributed by atoms with E-state index in [1.54, 1.807) is 4.68 Å². The van der Waals surface area contributed by atoms with Crippen LogP contribution in [0.5, 0.6) is 0 Å². The lowest BCUT2D eigenvalue weighted by atomic mass is 10.1. The van der Waals surface area contributed by atoms with Crippen LogP contribution < -0.4 is 5.32 Å². The van der Waals surface area contributed by atoms with Crippen LogP contribution >= 0.6 is 27.5 Å². The number of hydrogen-bond donors (Lipinski definition) is 1. The standard InChI is InChI=1S/C23H19BrClN3O/c1-14-12-18(9-10-20(14)24)26-23(29)15(2)28-21-11-8-17(25)13-19(21)22(27-28)16-6-4-3-5-7-16/h3-13,15H,1-2H3,(H,26,29)/t15-/m0/s1. The molecule has 4 nitrogen and oxygen atoms in total. The van der Waals surface area contributed by atoms with Gasteiger partial charge in [0.2, 0.25) is 5.91 Å². The summed E-state index contributed by atoms with van der Waals surface area (Å²) in [6, 6.07) is 20.8. The van der Waals surface area contributed by atoms with Gasteiger partial charge in [-0.1, -0.05) is 57.9 Å². The number of carbonyl (C=O) groups is 1. The summed E-state index contributed by atoms with van der Waals surface area (Å²) in [5.74, 6) is -0.134. The molecule has 1 amide bonds. The summed E-state index contributed by atoms with van der Waals surface area (Å²) in [5.41, 5.74) is 4.46. The molecule has 0 aliphatic heterocycles. The van der Waals surface area contributed by atoms with Gasteiger partial charge in [0.1, 0.15) is 11.7 Å². The fraction of sp³-hybridized carbons (Fsp3) is 0.130. The Morgan fingerprint density at radius 2 is 1.86 bits per heavy atom. The first kappa shape index (κ1) is 19.7. The number of aryl methyl sites for hydroxylation is 1. The Morgan fingerprint density at radius 3 is 2.59 bits per heavy atom. The van der Waals surface area contributed by atoms with Gasteiger partial charge in [-0.15, -0.1) is 0 Å². The largest absolute Gasteiger partial charge is 0.324 e. The van der Waals surface area contributed by atoms with Gasteiger partial charge in [-0.3, -0.25) is 9.48 Å². The summed E-state index contributed by atoms with van der Waals surface area (Å²) in [7, 11) is 0. The van der Waals surface area contributed by atoms with Crippen LogP contribution in [0.1, 0.15) is 18.5 Å². The van der Waals surface area contributed by atoms with E-state index in [1.165, 1.54) is 0 Å². The molecule has 1 atom stereocenters. The second-order valence-electron chi connectivity index (χ2n) is 6.95. The highest BCUT2D eigenvalue weighted by Gasteiger charge is 2.21. The molecule has 1 N–H and O–H groups in total. The maximum Gasteiger partial charge on any atom is 0.248 e. The minimum Gasteiger partial charge on any atom is -0.324 e. The molecule has 3 aromatic carbocycles. The third kappa shape index (κ3) is 3.93. The van der Waals surface area contributed by atoms with Gasteiger partial charge in [-0.05, 0) is 55.8 Å². The van der Waals surface area contributed by atoms with E-state index in [4.69, 9.17) is 16.7 Å². The summed E-state index contributed by atoms with van der Waals surface area (Å²) in [6.45, 7) is 3.83. The molecule has 0 fully saturated rings. The van der Waals surface area contributed by atoms with Crippen LogP contribution in [-0.2, 0) is 4.79 Å². The quantitative estimate of drug-likeness (QED) is 0.365. The summed E-state index contributed by atoms with van der Waals surface area (Å²) in [6.07, 6.45) is 0. The third-order valence-electron chi connectivity index (χ3n) is 4.89. The first-order chi connectivity index (χ1) is 13.9. The Bertz CT molecular complexity index is 1200. The molecule has 0 bridgehead atoms. The lowest BCUT2D eigenvalue weighted by molar-refractivity contribution is -0.118. The highest BCUT2D eigenvalue weighted by atomic mass is 79.9. The van der Waals surface area contributed by atoms with Crippen molar-refractivity contribution in [2.45, 2.75) is 19.9 Å². The molecule has 4 rings (SSSR count). The number of aromatic nitrogens is 2. The van der Waals surface area contributed by atoms with Gasteiger partial charge in [0.05, 0.1) is 5.52 Å². The van der Waals surface area contributed by atoms with Gasteiger partial charge in [-0.2, -0.15) is 5.10 Å². The van der Waals surface area contributed by atoms with Crippen molar-refractivity contribution >= 4 is 50.0 Å². The third-order valence-corrected chi connectivity index (χ3v) is 6.01. The van der Waals surface area contributed by atoms with E-state index >= 15 is 0 Å². The van der Waals surface area contributed by atoms with Crippen molar-refractivity contribution in [2.75, 3.05) is 5.32 Å². The van der Waals surface area contributed by atoms with Crippen LogP contribution in [0.15, 0.2) is 71.2 Å². The second kappa shape index (κ2) is 8.01. The molecule has 0 saturated heterocycles. The van der Waals surface area contributed by atoms with Crippen LogP contribution in [0.25, 0.3) is 22.2 Å². The van der Waals surface area contributed by atoms with Crippen molar-refractivity contribution in [1.29, 1.82) is 0 Å². The summed E-state index contributed by atoms with van der Waals surface area (Å²) in [5, 5.41) is 9.33. The zero-order valence-corrected chi connectivity index (χ0v) is 18.3. The maximum atomic E-state index is 13.0. The molecule has 0 aliphatic rings. The molecule has 0 aliphatic carbocycles. The van der Waals surface area contributed by atoms with E-state index in [0.29, 0.717) is 5.02 Å². The number of hydrogen-bond acceptors (Lipinski definition) is 2. The molecule has 1 heterocycles. The Balaban J connectivity index is 1.73. The molecular formula is C23H19BrClN3O. The molecule has 29 heavy (non-hydrogen) atoms. The topological polar surface area (TPSA) is 46.9 Å². The van der Waals surface area contributed by atoms with E-state index in [-0.39, 0.29) is 5.91 Å². The minimum absolute atomic E-state index is 0.134. The van der Waals surface area contributed by atoms with E-state index in [2.05, 4.69) is 21.2 Å². The first-order valence-electron chi connectivity index (χ1n) is 9.24. The lowest BCUT2D eigenvalue weighted by Gasteiger charge is -2.14. The number of halogens is 2. The lowest BCUT2D eigenvalue weighted by Crippen LogP contribution is -2.24. The highest BCUT2D eigenvalue weighted by Crippen LogP contribution is 2.32. The van der Waals surface area contributed by atoms with Crippen LogP contribution in [0.2, 0.25) is 5.02 Å². The van der Waals surface area contributed by atoms with E-state index < -0.39 is 6.04 Å². The molecule has 4 aromatic rings. The number of rotatable bonds is 4. The van der Waals surface area contributed by atoms with E-state index in [9.17, 15) is 4.79 Å². The summed E-state index contributed by atoms with van der Waals surface area (Å²) in [4.78, 5) is 13.0. The Morgan fingerprint density at radius 1 is 1.10 bits per heavy atom. The van der Waals surface area contributed by atoms with Crippen molar-refractivity contribution in [3.63, 3.8) is 0 Å². The van der Waals surface area contributed by atoms with E-state index in [0.717, 1.165) is 37.9 Å². The Hall–Kier alpha value is -2.63. The Kier molecular flexibility index (Phi) is 5.43. The summed E-state index contributed by atoms with van der Waals surface area (Å²) >= 11 is 9.73. The van der Waals surface area contributed by atoms with Gasteiger partial charge < -0.3 is 5.32 Å². The normalized spacial score (nSPS) is 12.1. The number of anilines is 1. The van der Waals surface area contributed by atoms with Crippen molar-refractivity contribution in [1.82, 2.24) is 9.78 Å². The van der Waals surface area contributed by atoms with Crippen LogP contribution in [0.4, 0.5) is 5.69 Å². The van der Waals surface area contributed by atoms with Crippen molar-refractivity contribution in [2.24, 2.45) is 0 Å². The monoisotopic (exact) mass is 467 g/mol. The molecule has 0 radical (unpaired) electrons. The summed E-state index contributed by atoms with van der Waals surface area (Å²) < 4.78 is 2.76. The van der Waals surface area contributed by atoms with Gasteiger partial charge in [0.25, 0.3) is 0 Å². The molecule has 0 saturated carbocycles. The number of fused-ring (bicyclic) bond motifs is 1. The average molecular weight is 469 g/mol. The number of amides is 1. The van der Waals surface area contributed by atoms with Gasteiger partial charge >= 0.3 is 0 Å². The molecule has 0 spiro atoms. The molecule has 1 aromatic heterocycles. The maximum absolute atomic E-state index is 13.0. The van der Waals surface area contributed by atoms with Gasteiger partial charge in [0.15, 0.2) is 0 Å². The van der Waals surface area contributed by atoms with E-state index in [1.807, 2.05) is 80.6 Å². The van der Waals surface area contributed by atoms with Crippen LogP contribution in [0.3, 0.4) is 0 Å². The van der Waals surface area contributed by atoms with Crippen molar-refractivity contribution in [3.8, 4) is 11.3 Å². The number of nitrogens with one attached hydrogen (secondary N) is 1. The molecule has 6 heteroatoms. The molecule has 146 valence electrons. The SMILES string of the molecule is Cc1cc(NC(=O)[C@H](C)n2nc(-c3ccccc3)c3cc(Cl)ccc32)ccc1Br. The van der Waals surface area contributed by atoms with Gasteiger partial charge in [0, 0.05) is 26.1 Å². The number of benzene rings is 3. The number of carbonyl (C=O) groups excluding carboxylic acids is 1. The molecule has 0 unspecified atom stereocenters. The van der Waals surface area contributed by atoms with Crippen molar-refractivity contribution in [3.05, 3.63) is 81.8 Å². The first-order valence-corrected chi connectivity index (χ1v) is 10.4. The zero-order valence-electron chi connectivity index (χ0n) is 16.0. The fourth-order valence-electron chi connectivity index (χ4n) is 3.30. The predicted octanol–water partition coefficient (Wildman–Crippen LogP) is 6.63.